The van der Waals surface area contributed by atoms with Crippen molar-refractivity contribution in [2.24, 2.45) is 5.41 Å². The number of rotatable bonds is 7. The molecule has 4 nitrogen and oxygen atoms in total. The Morgan fingerprint density at radius 2 is 2.04 bits per heavy atom. The third-order valence-corrected chi connectivity index (χ3v) is 4.28. The van der Waals surface area contributed by atoms with E-state index in [0.717, 1.165) is 51.2 Å². The van der Waals surface area contributed by atoms with Crippen molar-refractivity contribution in [3.05, 3.63) is 29.6 Å². The first-order chi connectivity index (χ1) is 11.3. The summed E-state index contributed by atoms with van der Waals surface area (Å²) in [5.41, 5.74) is -0.244. The SMILES string of the molecule is CCCN(CC(=O)Nc1ccc(F)c(F)c1F)CC1(C)CCNC1.Cl. The molecule has 25 heavy (non-hydrogen) atoms. The number of carbonyl (C=O) groups is 1. The van der Waals surface area contributed by atoms with Crippen molar-refractivity contribution in [2.75, 3.05) is 38.0 Å². The number of carbonyl (C=O) groups excluding carboxylic acids is 1. The molecule has 2 rings (SSSR count). The van der Waals surface area contributed by atoms with E-state index in [1.165, 1.54) is 0 Å². The second-order valence-corrected chi connectivity index (χ2v) is 6.72. The van der Waals surface area contributed by atoms with Gasteiger partial charge in [0.1, 0.15) is 0 Å². The van der Waals surface area contributed by atoms with E-state index in [9.17, 15) is 18.0 Å². The van der Waals surface area contributed by atoms with Crippen LogP contribution in [0, 0.1) is 22.9 Å². The van der Waals surface area contributed by atoms with E-state index >= 15 is 0 Å². The number of anilines is 1. The first kappa shape index (κ1) is 21.7. The maximum atomic E-state index is 13.6. The van der Waals surface area contributed by atoms with Crippen molar-refractivity contribution in [3.8, 4) is 0 Å². The fraction of sp³-hybridized carbons (Fsp3) is 0.588. The summed E-state index contributed by atoms with van der Waals surface area (Å²) in [5.74, 6) is -4.68. The van der Waals surface area contributed by atoms with E-state index in [0.29, 0.717) is 0 Å². The van der Waals surface area contributed by atoms with Crippen LogP contribution in [-0.2, 0) is 4.79 Å². The van der Waals surface area contributed by atoms with Gasteiger partial charge in [0, 0.05) is 13.1 Å². The summed E-state index contributed by atoms with van der Waals surface area (Å²) in [5, 5.41) is 5.65. The van der Waals surface area contributed by atoms with Gasteiger partial charge in [-0.2, -0.15) is 0 Å². The average Bonchev–Trinajstić information content (AvgIpc) is 2.94. The fourth-order valence-corrected chi connectivity index (χ4v) is 3.09. The van der Waals surface area contributed by atoms with E-state index in [2.05, 4.69) is 17.6 Å². The molecule has 1 atom stereocenters. The summed E-state index contributed by atoms with van der Waals surface area (Å²) in [6.45, 7) is 7.62. The van der Waals surface area contributed by atoms with Crippen molar-refractivity contribution in [2.45, 2.75) is 26.7 Å². The highest BCUT2D eigenvalue weighted by molar-refractivity contribution is 5.92. The second kappa shape index (κ2) is 9.40. The molecule has 1 amide bonds. The minimum absolute atomic E-state index is 0. The highest BCUT2D eigenvalue weighted by Gasteiger charge is 2.31. The molecule has 1 aromatic carbocycles. The lowest BCUT2D eigenvalue weighted by atomic mass is 9.89. The van der Waals surface area contributed by atoms with Gasteiger partial charge in [-0.15, -0.1) is 12.4 Å². The lowest BCUT2D eigenvalue weighted by Gasteiger charge is -2.31. The number of nitrogens with zero attached hydrogens (tertiary/aromatic N) is 1. The summed E-state index contributed by atoms with van der Waals surface area (Å²) < 4.78 is 39.8. The third-order valence-electron chi connectivity index (χ3n) is 4.28. The Morgan fingerprint density at radius 3 is 2.64 bits per heavy atom. The molecule has 0 spiro atoms. The van der Waals surface area contributed by atoms with Crippen LogP contribution >= 0.6 is 12.4 Å². The first-order valence-corrected chi connectivity index (χ1v) is 8.21. The van der Waals surface area contributed by atoms with Gasteiger partial charge < -0.3 is 10.6 Å². The van der Waals surface area contributed by atoms with E-state index in [1.54, 1.807) is 0 Å². The van der Waals surface area contributed by atoms with Crippen molar-refractivity contribution in [1.29, 1.82) is 0 Å². The fourth-order valence-electron chi connectivity index (χ4n) is 3.09. The molecule has 0 radical (unpaired) electrons. The van der Waals surface area contributed by atoms with Gasteiger partial charge in [0.2, 0.25) is 5.91 Å². The molecule has 0 aliphatic carbocycles. The highest BCUT2D eigenvalue weighted by Crippen LogP contribution is 2.26. The molecule has 1 fully saturated rings. The van der Waals surface area contributed by atoms with Gasteiger partial charge in [-0.05, 0) is 43.5 Å². The predicted molar refractivity (Wildman–Crippen MR) is 94.5 cm³/mol. The summed E-state index contributed by atoms with van der Waals surface area (Å²) in [6.07, 6.45) is 1.92. The molecule has 1 aromatic rings. The number of nitrogens with one attached hydrogen (secondary N) is 2. The standard InChI is InChI=1S/C17H24F3N3O.ClH/c1-3-8-23(11-17(2)6-7-21-10-17)9-14(24)22-13-5-4-12(18)15(19)16(13)20;/h4-5,21H,3,6-11H2,1-2H3,(H,22,24);1H. The molecule has 1 aliphatic rings. The topological polar surface area (TPSA) is 44.4 Å². The van der Waals surface area contributed by atoms with E-state index in [4.69, 9.17) is 0 Å². The monoisotopic (exact) mass is 379 g/mol. The van der Waals surface area contributed by atoms with Crippen LogP contribution in [0.1, 0.15) is 26.7 Å². The Hall–Kier alpha value is -1.31. The van der Waals surface area contributed by atoms with Crippen molar-refractivity contribution >= 4 is 24.0 Å². The molecule has 1 aliphatic heterocycles. The number of amides is 1. The quantitative estimate of drug-likeness (QED) is 0.715. The van der Waals surface area contributed by atoms with Crippen LogP contribution < -0.4 is 10.6 Å². The molecule has 0 aromatic heterocycles. The van der Waals surface area contributed by atoms with Crippen LogP contribution in [0.4, 0.5) is 18.9 Å². The summed E-state index contributed by atoms with van der Waals surface area (Å²) in [7, 11) is 0. The van der Waals surface area contributed by atoms with Gasteiger partial charge in [-0.3, -0.25) is 9.69 Å². The van der Waals surface area contributed by atoms with Crippen molar-refractivity contribution < 1.29 is 18.0 Å². The Bertz CT molecular complexity index is 595. The first-order valence-electron chi connectivity index (χ1n) is 8.21. The van der Waals surface area contributed by atoms with Crippen LogP contribution in [0.5, 0.6) is 0 Å². The van der Waals surface area contributed by atoms with E-state index in [-0.39, 0.29) is 30.1 Å². The molecular weight excluding hydrogens is 355 g/mol. The maximum Gasteiger partial charge on any atom is 0.238 e. The van der Waals surface area contributed by atoms with E-state index in [1.807, 2.05) is 11.8 Å². The van der Waals surface area contributed by atoms with Crippen molar-refractivity contribution in [1.82, 2.24) is 10.2 Å². The molecule has 1 saturated heterocycles. The van der Waals surface area contributed by atoms with E-state index < -0.39 is 23.4 Å². The predicted octanol–water partition coefficient (Wildman–Crippen LogP) is 3.18. The average molecular weight is 380 g/mol. The van der Waals surface area contributed by atoms with Gasteiger partial charge in [0.05, 0.1) is 12.2 Å². The van der Waals surface area contributed by atoms with Crippen LogP contribution in [0.15, 0.2) is 12.1 Å². The molecule has 2 N–H and O–H groups in total. The van der Waals surface area contributed by atoms with Crippen LogP contribution in [0.2, 0.25) is 0 Å². The lowest BCUT2D eigenvalue weighted by Crippen LogP contribution is -2.42. The largest absolute Gasteiger partial charge is 0.322 e. The molecule has 142 valence electrons. The van der Waals surface area contributed by atoms with Gasteiger partial charge in [-0.25, -0.2) is 13.2 Å². The Kier molecular flexibility index (Phi) is 8.18. The minimum Gasteiger partial charge on any atom is -0.322 e. The molecule has 1 heterocycles. The second-order valence-electron chi connectivity index (χ2n) is 6.72. The lowest BCUT2D eigenvalue weighted by molar-refractivity contribution is -0.117. The zero-order chi connectivity index (χ0) is 17.7. The minimum atomic E-state index is -1.58. The van der Waals surface area contributed by atoms with Crippen LogP contribution in [0.25, 0.3) is 0 Å². The van der Waals surface area contributed by atoms with Gasteiger partial charge in [0.25, 0.3) is 0 Å². The highest BCUT2D eigenvalue weighted by atomic mass is 35.5. The Morgan fingerprint density at radius 1 is 1.32 bits per heavy atom. The molecule has 8 heteroatoms. The molecule has 0 bridgehead atoms. The van der Waals surface area contributed by atoms with Crippen LogP contribution in [-0.4, -0.2) is 43.5 Å². The van der Waals surface area contributed by atoms with Gasteiger partial charge in [-0.1, -0.05) is 13.8 Å². The van der Waals surface area contributed by atoms with Crippen LogP contribution in [0.3, 0.4) is 0 Å². The summed E-state index contributed by atoms with van der Waals surface area (Å²) in [4.78, 5) is 14.2. The molecule has 1 unspecified atom stereocenters. The normalized spacial score (nSPS) is 19.8. The van der Waals surface area contributed by atoms with Crippen molar-refractivity contribution in [3.63, 3.8) is 0 Å². The number of hydrogen-bond acceptors (Lipinski definition) is 3. The Labute approximate surface area is 152 Å². The molecular formula is C17H25ClF3N3O. The number of benzene rings is 1. The zero-order valence-corrected chi connectivity index (χ0v) is 15.3. The summed E-state index contributed by atoms with van der Waals surface area (Å²) >= 11 is 0. The third kappa shape index (κ3) is 5.87. The maximum absolute atomic E-state index is 13.6. The number of halogens is 4. The summed E-state index contributed by atoms with van der Waals surface area (Å²) in [6, 6.07) is 1.82. The smallest absolute Gasteiger partial charge is 0.238 e. The number of hydrogen-bond donors (Lipinski definition) is 2. The molecule has 0 saturated carbocycles. The van der Waals surface area contributed by atoms with Gasteiger partial charge >= 0.3 is 0 Å². The Balaban J connectivity index is 0.00000312. The van der Waals surface area contributed by atoms with Gasteiger partial charge in [0.15, 0.2) is 17.5 Å². The zero-order valence-electron chi connectivity index (χ0n) is 14.5.